The van der Waals surface area contributed by atoms with Crippen molar-refractivity contribution < 1.29 is 14.5 Å². The molecule has 29 heavy (non-hydrogen) atoms. The molecule has 0 unspecified atom stereocenters. The van der Waals surface area contributed by atoms with Gasteiger partial charge in [-0.05, 0) is 41.2 Å². The summed E-state index contributed by atoms with van der Waals surface area (Å²) in [5, 5.41) is 2.25. The molecule has 2 amide bonds. The van der Waals surface area contributed by atoms with Gasteiger partial charge in [-0.2, -0.15) is 0 Å². The minimum Gasteiger partial charge on any atom is -0.337 e. The number of quaternary nitrogens is 1. The van der Waals surface area contributed by atoms with Crippen LogP contribution >= 0.6 is 0 Å². The van der Waals surface area contributed by atoms with Gasteiger partial charge in [0.25, 0.3) is 11.8 Å². The highest BCUT2D eigenvalue weighted by atomic mass is 16.2. The summed E-state index contributed by atoms with van der Waals surface area (Å²) in [4.78, 5) is 31.0. The summed E-state index contributed by atoms with van der Waals surface area (Å²) >= 11 is 0. The van der Waals surface area contributed by atoms with Crippen molar-refractivity contribution in [3.63, 3.8) is 0 Å². The minimum atomic E-state index is 0.0970. The van der Waals surface area contributed by atoms with E-state index in [0.717, 1.165) is 42.5 Å². The zero-order chi connectivity index (χ0) is 20.4. The van der Waals surface area contributed by atoms with E-state index in [1.165, 1.54) is 11.3 Å². The monoisotopic (exact) mass is 394 g/mol. The lowest BCUT2D eigenvalue weighted by atomic mass is 9.92. The zero-order valence-corrected chi connectivity index (χ0v) is 17.6. The van der Waals surface area contributed by atoms with Gasteiger partial charge in [-0.3, -0.25) is 9.59 Å². The number of piperidine rings is 1. The summed E-state index contributed by atoms with van der Waals surface area (Å²) in [6, 6.07) is 14.0. The molecule has 0 bridgehead atoms. The topological polar surface area (TPSA) is 45.1 Å². The molecule has 5 heteroatoms. The van der Waals surface area contributed by atoms with Gasteiger partial charge in [0, 0.05) is 18.7 Å². The number of benzene rings is 2. The average molecular weight is 395 g/mol. The van der Waals surface area contributed by atoms with Crippen molar-refractivity contribution in [3.8, 4) is 0 Å². The predicted octanol–water partition coefficient (Wildman–Crippen LogP) is 1.69. The van der Waals surface area contributed by atoms with Crippen LogP contribution in [0.2, 0.25) is 0 Å². The Morgan fingerprint density at radius 2 is 1.59 bits per heavy atom. The van der Waals surface area contributed by atoms with Crippen LogP contribution in [0.1, 0.15) is 30.6 Å². The highest BCUT2D eigenvalue weighted by Gasteiger charge is 2.30. The molecule has 0 spiro atoms. The van der Waals surface area contributed by atoms with E-state index in [0.29, 0.717) is 31.5 Å². The van der Waals surface area contributed by atoms with Crippen molar-refractivity contribution in [2.45, 2.75) is 20.3 Å². The molecule has 2 aromatic rings. The van der Waals surface area contributed by atoms with Crippen LogP contribution in [0.4, 0.5) is 0 Å². The molecule has 5 nitrogen and oxygen atoms in total. The molecule has 2 heterocycles. The summed E-state index contributed by atoms with van der Waals surface area (Å²) in [7, 11) is 0. The first-order valence-electron chi connectivity index (χ1n) is 10.9. The molecule has 1 N–H and O–H groups in total. The molecule has 0 aliphatic carbocycles. The van der Waals surface area contributed by atoms with Crippen molar-refractivity contribution in [2.75, 3.05) is 45.8 Å². The number of nitrogens with one attached hydrogen (secondary N) is 1. The van der Waals surface area contributed by atoms with Crippen molar-refractivity contribution >= 4 is 22.6 Å². The van der Waals surface area contributed by atoms with Crippen molar-refractivity contribution in [3.05, 3.63) is 48.0 Å². The number of nitrogens with zero attached hydrogens (tertiary/aromatic N) is 2. The standard InChI is InChI=1S/C24H31N3O2/c1-18-13-19(2)16-27(15-18)23(28)17-25-9-11-26(12-10-25)24(29)22-8-7-20-5-3-4-6-21(20)14-22/h3-8,14,18-19H,9-13,15-17H2,1-2H3/p+1/t18-,19-/m0/s1. The van der Waals surface area contributed by atoms with Crippen LogP contribution < -0.4 is 4.90 Å². The third-order valence-corrected chi connectivity index (χ3v) is 6.38. The zero-order valence-electron chi connectivity index (χ0n) is 17.6. The van der Waals surface area contributed by atoms with E-state index in [1.807, 2.05) is 41.3 Å². The first-order chi connectivity index (χ1) is 14.0. The quantitative estimate of drug-likeness (QED) is 0.861. The maximum Gasteiger partial charge on any atom is 0.277 e. The second-order valence-corrected chi connectivity index (χ2v) is 9.03. The highest BCUT2D eigenvalue weighted by molar-refractivity contribution is 5.98. The molecule has 2 aliphatic heterocycles. The van der Waals surface area contributed by atoms with E-state index in [9.17, 15) is 9.59 Å². The van der Waals surface area contributed by atoms with Gasteiger partial charge in [-0.15, -0.1) is 0 Å². The third-order valence-electron chi connectivity index (χ3n) is 6.38. The Labute approximate surface area is 173 Å². The van der Waals surface area contributed by atoms with Crippen LogP contribution in [0.25, 0.3) is 10.8 Å². The number of fused-ring (bicyclic) bond motifs is 1. The Morgan fingerprint density at radius 3 is 2.28 bits per heavy atom. The van der Waals surface area contributed by atoms with Crippen LogP contribution in [0.3, 0.4) is 0 Å². The predicted molar refractivity (Wildman–Crippen MR) is 115 cm³/mol. The molecule has 2 aliphatic rings. The summed E-state index contributed by atoms with van der Waals surface area (Å²) in [6.45, 7) is 9.90. The molecule has 2 atom stereocenters. The maximum absolute atomic E-state index is 12.9. The van der Waals surface area contributed by atoms with Crippen molar-refractivity contribution in [1.82, 2.24) is 9.80 Å². The smallest absolute Gasteiger partial charge is 0.277 e. The van der Waals surface area contributed by atoms with Crippen LogP contribution in [-0.4, -0.2) is 67.4 Å². The van der Waals surface area contributed by atoms with Gasteiger partial charge in [0.2, 0.25) is 0 Å². The molecule has 0 radical (unpaired) electrons. The lowest BCUT2D eigenvalue weighted by Gasteiger charge is -2.37. The lowest BCUT2D eigenvalue weighted by Crippen LogP contribution is -3.15. The normalized spacial score (nSPS) is 23.4. The van der Waals surface area contributed by atoms with E-state index >= 15 is 0 Å². The molecule has 154 valence electrons. The number of carbonyl (C=O) groups is 2. The number of amides is 2. The summed E-state index contributed by atoms with van der Waals surface area (Å²) in [5.74, 6) is 1.55. The molecule has 2 fully saturated rings. The fourth-order valence-corrected chi connectivity index (χ4v) is 4.90. The Kier molecular flexibility index (Phi) is 5.86. The molecule has 4 rings (SSSR count). The lowest BCUT2D eigenvalue weighted by molar-refractivity contribution is -0.896. The van der Waals surface area contributed by atoms with Crippen molar-refractivity contribution in [2.24, 2.45) is 11.8 Å². The number of hydrogen-bond acceptors (Lipinski definition) is 2. The fourth-order valence-electron chi connectivity index (χ4n) is 4.90. The van der Waals surface area contributed by atoms with Crippen molar-refractivity contribution in [1.29, 1.82) is 0 Å². The van der Waals surface area contributed by atoms with E-state index in [4.69, 9.17) is 0 Å². The Balaban J connectivity index is 1.31. The number of rotatable bonds is 3. The van der Waals surface area contributed by atoms with Gasteiger partial charge in [-0.1, -0.05) is 44.2 Å². The molecular weight excluding hydrogens is 362 g/mol. The molecule has 0 aromatic heterocycles. The minimum absolute atomic E-state index is 0.0970. The second kappa shape index (κ2) is 8.54. The Morgan fingerprint density at radius 1 is 0.931 bits per heavy atom. The highest BCUT2D eigenvalue weighted by Crippen LogP contribution is 2.20. The van der Waals surface area contributed by atoms with Gasteiger partial charge >= 0.3 is 0 Å². The summed E-state index contributed by atoms with van der Waals surface area (Å²) < 4.78 is 0. The van der Waals surface area contributed by atoms with Gasteiger partial charge in [0.1, 0.15) is 0 Å². The molecule has 0 saturated carbocycles. The van der Waals surface area contributed by atoms with E-state index in [1.54, 1.807) is 0 Å². The third kappa shape index (κ3) is 4.61. The van der Waals surface area contributed by atoms with E-state index in [2.05, 4.69) is 24.8 Å². The molecule has 2 saturated heterocycles. The van der Waals surface area contributed by atoms with Crippen LogP contribution in [-0.2, 0) is 4.79 Å². The van der Waals surface area contributed by atoms with Gasteiger partial charge in [0.05, 0.1) is 26.2 Å². The largest absolute Gasteiger partial charge is 0.337 e. The molecule has 2 aromatic carbocycles. The van der Waals surface area contributed by atoms with Crippen LogP contribution in [0, 0.1) is 11.8 Å². The summed E-state index contributed by atoms with van der Waals surface area (Å²) in [6.07, 6.45) is 1.21. The Hall–Kier alpha value is -2.40. The maximum atomic E-state index is 12.9. The number of carbonyl (C=O) groups excluding carboxylic acids is 2. The number of piperazine rings is 1. The van der Waals surface area contributed by atoms with Gasteiger partial charge in [-0.25, -0.2) is 0 Å². The second-order valence-electron chi connectivity index (χ2n) is 9.03. The number of likely N-dealkylation sites (tertiary alicyclic amines) is 1. The van der Waals surface area contributed by atoms with E-state index < -0.39 is 0 Å². The SMILES string of the molecule is C[C@H]1C[C@H](C)CN(C(=O)C[NH+]2CCN(C(=O)c3ccc4ccccc4c3)CC2)C1. The first kappa shape index (κ1) is 19.9. The fraction of sp³-hybridized carbons (Fsp3) is 0.500. The molecular formula is C24H32N3O2+. The van der Waals surface area contributed by atoms with Crippen LogP contribution in [0.5, 0.6) is 0 Å². The number of hydrogen-bond donors (Lipinski definition) is 1. The average Bonchev–Trinajstić information content (AvgIpc) is 2.72. The van der Waals surface area contributed by atoms with Gasteiger partial charge in [0.15, 0.2) is 6.54 Å². The first-order valence-corrected chi connectivity index (χ1v) is 10.9. The van der Waals surface area contributed by atoms with E-state index in [-0.39, 0.29) is 11.8 Å². The van der Waals surface area contributed by atoms with Crippen LogP contribution in [0.15, 0.2) is 42.5 Å². The van der Waals surface area contributed by atoms with Gasteiger partial charge < -0.3 is 14.7 Å². The Bertz CT molecular complexity index is 879. The summed E-state index contributed by atoms with van der Waals surface area (Å²) in [5.41, 5.74) is 0.750.